The number of aromatic nitrogens is 2. The summed E-state index contributed by atoms with van der Waals surface area (Å²) < 4.78 is 13.8. The fraction of sp³-hybridized carbons (Fsp3) is 0.409. The van der Waals surface area contributed by atoms with Gasteiger partial charge < -0.3 is 10.6 Å². The third-order valence-electron chi connectivity index (χ3n) is 6.01. The fourth-order valence-corrected chi connectivity index (χ4v) is 3.98. The van der Waals surface area contributed by atoms with Crippen molar-refractivity contribution in [3.05, 3.63) is 58.4 Å². The molecule has 5 rings (SSSR count). The second-order valence-electron chi connectivity index (χ2n) is 8.71. The van der Waals surface area contributed by atoms with Crippen molar-refractivity contribution in [2.75, 3.05) is 18.4 Å². The Labute approximate surface area is 166 Å². The zero-order valence-electron chi connectivity index (χ0n) is 16.1. The SMILES string of the molecule is CC1(C)CNC(=O)c2ccc(C3=CCc4nc(NCC5(F)CC5)ncc43)cc21.[HH].[HH]. The molecule has 0 bridgehead atoms. The van der Waals surface area contributed by atoms with Gasteiger partial charge in [-0.3, -0.25) is 4.79 Å². The molecule has 2 heterocycles. The molecule has 6 heteroatoms. The van der Waals surface area contributed by atoms with E-state index in [1.54, 1.807) is 0 Å². The number of anilines is 1. The molecule has 1 aromatic heterocycles. The summed E-state index contributed by atoms with van der Waals surface area (Å²) in [6, 6.07) is 6.03. The molecule has 3 aliphatic rings. The van der Waals surface area contributed by atoms with E-state index in [0.29, 0.717) is 25.3 Å². The van der Waals surface area contributed by atoms with Crippen LogP contribution in [0.25, 0.3) is 5.57 Å². The minimum atomic E-state index is -1.08. The van der Waals surface area contributed by atoms with Crippen LogP contribution in [-0.2, 0) is 11.8 Å². The summed E-state index contributed by atoms with van der Waals surface area (Å²) in [6.07, 6.45) is 5.92. The largest absolute Gasteiger partial charge is 0.351 e. The number of alkyl halides is 1. The van der Waals surface area contributed by atoms with Crippen LogP contribution in [0.4, 0.5) is 10.3 Å². The number of allylic oxidation sites excluding steroid dienone is 1. The predicted molar refractivity (Wildman–Crippen MR) is 110 cm³/mol. The van der Waals surface area contributed by atoms with Crippen LogP contribution in [0, 0.1) is 0 Å². The Morgan fingerprint density at radius 3 is 2.89 bits per heavy atom. The van der Waals surface area contributed by atoms with Gasteiger partial charge in [0.15, 0.2) is 0 Å². The first-order valence-electron chi connectivity index (χ1n) is 9.77. The Bertz CT molecular complexity index is 1030. The van der Waals surface area contributed by atoms with Gasteiger partial charge >= 0.3 is 0 Å². The molecular formula is C22H27FN4O. The van der Waals surface area contributed by atoms with Gasteiger partial charge in [-0.25, -0.2) is 14.4 Å². The summed E-state index contributed by atoms with van der Waals surface area (Å²) in [6.45, 7) is 5.19. The number of rotatable bonds is 4. The topological polar surface area (TPSA) is 66.9 Å². The number of fused-ring (bicyclic) bond motifs is 2. The lowest BCUT2D eigenvalue weighted by molar-refractivity contribution is 0.0930. The Kier molecular flexibility index (Phi) is 3.63. The molecular weight excluding hydrogens is 355 g/mol. The summed E-state index contributed by atoms with van der Waals surface area (Å²) in [7, 11) is 0. The molecule has 0 unspecified atom stereocenters. The van der Waals surface area contributed by atoms with E-state index in [0.717, 1.165) is 39.9 Å². The highest BCUT2D eigenvalue weighted by Gasteiger charge is 2.43. The average Bonchev–Trinajstić information content (AvgIpc) is 3.27. The van der Waals surface area contributed by atoms with Gasteiger partial charge in [0.05, 0.1) is 12.2 Å². The van der Waals surface area contributed by atoms with Crippen LogP contribution in [0.3, 0.4) is 0 Å². The van der Waals surface area contributed by atoms with Crippen LogP contribution in [0.2, 0.25) is 0 Å². The minimum absolute atomic E-state index is 0. The quantitative estimate of drug-likeness (QED) is 0.842. The van der Waals surface area contributed by atoms with Gasteiger partial charge in [-0.05, 0) is 41.7 Å². The van der Waals surface area contributed by atoms with Gasteiger partial charge in [0.2, 0.25) is 5.95 Å². The van der Waals surface area contributed by atoms with E-state index in [9.17, 15) is 9.18 Å². The van der Waals surface area contributed by atoms with Crippen molar-refractivity contribution in [1.82, 2.24) is 15.3 Å². The molecule has 2 N–H and O–H groups in total. The van der Waals surface area contributed by atoms with E-state index in [4.69, 9.17) is 0 Å². The maximum absolute atomic E-state index is 13.8. The Balaban J connectivity index is 0.00000128. The molecule has 0 spiro atoms. The number of halogens is 1. The Morgan fingerprint density at radius 1 is 1.29 bits per heavy atom. The first kappa shape index (κ1) is 17.3. The molecule has 2 aromatic rings. The van der Waals surface area contributed by atoms with Crippen LogP contribution in [0.1, 0.15) is 62.3 Å². The standard InChI is InChI=1S/C22H23FN4O.2H2/c1-21(2)11-25-19(28)15-4-3-13(9-17(15)21)14-5-6-18-16(14)10-24-20(27-18)26-12-22(23)7-8-22;;/h3-5,9-10H,6-8,11-12H2,1-2H3,(H,25,28)(H,24,26,27);2*1H. The van der Waals surface area contributed by atoms with Crippen molar-refractivity contribution < 1.29 is 12.0 Å². The molecule has 5 nitrogen and oxygen atoms in total. The zero-order chi connectivity index (χ0) is 19.5. The van der Waals surface area contributed by atoms with Crippen LogP contribution in [-0.4, -0.2) is 34.6 Å². The average molecular weight is 382 g/mol. The number of amides is 1. The van der Waals surface area contributed by atoms with Crippen LogP contribution in [0.5, 0.6) is 0 Å². The number of hydrogen-bond acceptors (Lipinski definition) is 4. The molecule has 1 aromatic carbocycles. The van der Waals surface area contributed by atoms with Crippen LogP contribution >= 0.6 is 0 Å². The lowest BCUT2D eigenvalue weighted by Crippen LogP contribution is -2.43. The fourth-order valence-electron chi connectivity index (χ4n) is 3.98. The van der Waals surface area contributed by atoms with Gasteiger partial charge in [-0.1, -0.05) is 26.0 Å². The van der Waals surface area contributed by atoms with Crippen LogP contribution < -0.4 is 10.6 Å². The number of benzene rings is 1. The first-order valence-corrected chi connectivity index (χ1v) is 9.77. The second-order valence-corrected chi connectivity index (χ2v) is 8.71. The normalized spacial score (nSPS) is 20.7. The lowest BCUT2D eigenvalue weighted by atomic mass is 9.77. The summed E-state index contributed by atoms with van der Waals surface area (Å²) >= 11 is 0. The van der Waals surface area contributed by atoms with E-state index in [1.165, 1.54) is 0 Å². The predicted octanol–water partition coefficient (Wildman–Crippen LogP) is 3.89. The van der Waals surface area contributed by atoms with E-state index in [2.05, 4.69) is 46.6 Å². The van der Waals surface area contributed by atoms with Gasteiger partial charge in [0.1, 0.15) is 5.67 Å². The number of nitrogens with zero attached hydrogens (tertiary/aromatic N) is 2. The zero-order valence-corrected chi connectivity index (χ0v) is 16.1. The van der Waals surface area contributed by atoms with Crippen molar-refractivity contribution in [3.63, 3.8) is 0 Å². The van der Waals surface area contributed by atoms with Crippen molar-refractivity contribution in [2.24, 2.45) is 0 Å². The van der Waals surface area contributed by atoms with E-state index >= 15 is 0 Å². The summed E-state index contributed by atoms with van der Waals surface area (Å²) in [4.78, 5) is 21.2. The molecule has 1 aliphatic heterocycles. The smallest absolute Gasteiger partial charge is 0.251 e. The van der Waals surface area contributed by atoms with E-state index < -0.39 is 5.67 Å². The third-order valence-corrected chi connectivity index (χ3v) is 6.01. The summed E-state index contributed by atoms with van der Waals surface area (Å²) in [5, 5.41) is 5.98. The number of carbonyl (C=O) groups is 1. The number of carbonyl (C=O) groups excluding carboxylic acids is 1. The maximum Gasteiger partial charge on any atom is 0.251 e. The highest BCUT2D eigenvalue weighted by molar-refractivity contribution is 5.98. The molecule has 1 fully saturated rings. The van der Waals surface area contributed by atoms with Gasteiger partial charge in [0.25, 0.3) is 5.91 Å². The molecule has 148 valence electrons. The van der Waals surface area contributed by atoms with E-state index in [-0.39, 0.29) is 20.7 Å². The maximum atomic E-state index is 13.8. The molecule has 2 aliphatic carbocycles. The van der Waals surface area contributed by atoms with E-state index in [1.807, 2.05) is 18.3 Å². The summed E-state index contributed by atoms with van der Waals surface area (Å²) in [5.41, 5.74) is 4.75. The summed E-state index contributed by atoms with van der Waals surface area (Å²) in [5.74, 6) is 0.475. The Morgan fingerprint density at radius 2 is 2.11 bits per heavy atom. The minimum Gasteiger partial charge on any atom is -0.351 e. The number of nitrogens with one attached hydrogen (secondary N) is 2. The third kappa shape index (κ3) is 2.87. The molecule has 0 radical (unpaired) electrons. The number of hydrogen-bond donors (Lipinski definition) is 2. The molecule has 0 atom stereocenters. The van der Waals surface area contributed by atoms with Gasteiger partial charge in [-0.2, -0.15) is 0 Å². The van der Waals surface area contributed by atoms with Gasteiger partial charge in [0, 0.05) is 38.6 Å². The van der Waals surface area contributed by atoms with Crippen molar-refractivity contribution in [1.29, 1.82) is 0 Å². The molecule has 0 saturated heterocycles. The van der Waals surface area contributed by atoms with Crippen molar-refractivity contribution >= 4 is 17.4 Å². The molecule has 1 amide bonds. The van der Waals surface area contributed by atoms with Gasteiger partial charge in [-0.15, -0.1) is 0 Å². The molecule has 1 saturated carbocycles. The second kappa shape index (κ2) is 5.87. The Hall–Kier alpha value is -2.76. The van der Waals surface area contributed by atoms with Crippen LogP contribution in [0.15, 0.2) is 30.5 Å². The monoisotopic (exact) mass is 382 g/mol. The van der Waals surface area contributed by atoms with Crippen molar-refractivity contribution in [2.45, 2.75) is 44.2 Å². The molecule has 28 heavy (non-hydrogen) atoms. The van der Waals surface area contributed by atoms with Crippen molar-refractivity contribution in [3.8, 4) is 0 Å². The highest BCUT2D eigenvalue weighted by atomic mass is 19.1. The highest BCUT2D eigenvalue weighted by Crippen LogP contribution is 2.40. The first-order chi connectivity index (χ1) is 13.3. The lowest BCUT2D eigenvalue weighted by Gasteiger charge is -2.33.